The lowest BCUT2D eigenvalue weighted by Gasteiger charge is -2.36. The third-order valence-corrected chi connectivity index (χ3v) is 4.65. The lowest BCUT2D eigenvalue weighted by Crippen LogP contribution is -2.42. The maximum Gasteiger partial charge on any atom is 0.146 e. The molecule has 2 aromatic carbocycles. The van der Waals surface area contributed by atoms with Gasteiger partial charge in [-0.25, -0.2) is 8.78 Å². The standard InChI is InChI=1S/C23H26F2O3/c1-5-8-20(16(2)24)23(26,21-9-6-7-10-22(21)25)17(3)28-15-18-11-13-19(27-4)14-12-18/h5-14,17,26H,15H2,1-4H3/b8-5-,20-16-. The van der Waals surface area contributed by atoms with Gasteiger partial charge in [0.15, 0.2) is 0 Å². The van der Waals surface area contributed by atoms with E-state index in [1.54, 1.807) is 45.2 Å². The highest BCUT2D eigenvalue weighted by Crippen LogP contribution is 2.39. The van der Waals surface area contributed by atoms with E-state index in [9.17, 15) is 13.9 Å². The topological polar surface area (TPSA) is 38.7 Å². The minimum absolute atomic E-state index is 0.0395. The Morgan fingerprint density at radius 1 is 1.18 bits per heavy atom. The van der Waals surface area contributed by atoms with Gasteiger partial charge in [0.1, 0.15) is 23.0 Å². The van der Waals surface area contributed by atoms with Crippen LogP contribution >= 0.6 is 0 Å². The molecule has 0 aliphatic rings. The van der Waals surface area contributed by atoms with Gasteiger partial charge in [-0.2, -0.15) is 0 Å². The molecule has 5 heteroatoms. The van der Waals surface area contributed by atoms with Gasteiger partial charge in [0.25, 0.3) is 0 Å². The first kappa shape index (κ1) is 21.8. The molecule has 0 bridgehead atoms. The maximum absolute atomic E-state index is 14.6. The molecule has 2 atom stereocenters. The second-order valence-corrected chi connectivity index (χ2v) is 6.49. The molecular weight excluding hydrogens is 362 g/mol. The summed E-state index contributed by atoms with van der Waals surface area (Å²) in [5.74, 6) is -0.525. The molecule has 0 aliphatic carbocycles. The Balaban J connectivity index is 2.40. The fourth-order valence-electron chi connectivity index (χ4n) is 3.09. The Bertz CT molecular complexity index is 839. The van der Waals surface area contributed by atoms with Crippen LogP contribution in [-0.4, -0.2) is 18.3 Å². The Kier molecular flexibility index (Phi) is 7.49. The largest absolute Gasteiger partial charge is 0.497 e. The van der Waals surface area contributed by atoms with Crippen LogP contribution in [0.5, 0.6) is 5.75 Å². The van der Waals surface area contributed by atoms with Gasteiger partial charge in [-0.3, -0.25) is 0 Å². The van der Waals surface area contributed by atoms with Gasteiger partial charge >= 0.3 is 0 Å². The fraction of sp³-hybridized carbons (Fsp3) is 0.304. The summed E-state index contributed by atoms with van der Waals surface area (Å²) >= 11 is 0. The average molecular weight is 388 g/mol. The van der Waals surface area contributed by atoms with Crippen molar-refractivity contribution in [3.63, 3.8) is 0 Å². The smallest absolute Gasteiger partial charge is 0.146 e. The molecule has 2 unspecified atom stereocenters. The Labute approximate surface area is 164 Å². The molecule has 0 spiro atoms. The molecule has 2 rings (SSSR count). The van der Waals surface area contributed by atoms with Gasteiger partial charge in [-0.05, 0) is 44.5 Å². The zero-order valence-electron chi connectivity index (χ0n) is 16.6. The number of methoxy groups -OCH3 is 1. The summed E-state index contributed by atoms with van der Waals surface area (Å²) in [6.45, 7) is 4.70. The van der Waals surface area contributed by atoms with Crippen molar-refractivity contribution in [2.24, 2.45) is 0 Å². The van der Waals surface area contributed by atoms with Gasteiger partial charge in [0, 0.05) is 11.1 Å². The van der Waals surface area contributed by atoms with E-state index in [0.717, 1.165) is 5.56 Å². The van der Waals surface area contributed by atoms with Gasteiger partial charge in [-0.1, -0.05) is 42.5 Å². The van der Waals surface area contributed by atoms with E-state index in [1.807, 2.05) is 12.1 Å². The van der Waals surface area contributed by atoms with Crippen molar-refractivity contribution in [3.8, 4) is 5.75 Å². The van der Waals surface area contributed by atoms with E-state index < -0.39 is 23.3 Å². The fourth-order valence-corrected chi connectivity index (χ4v) is 3.09. The molecule has 0 fully saturated rings. The van der Waals surface area contributed by atoms with Gasteiger partial charge in [0.2, 0.25) is 0 Å². The number of ether oxygens (including phenoxy) is 2. The van der Waals surface area contributed by atoms with Crippen LogP contribution in [-0.2, 0) is 16.9 Å². The minimum atomic E-state index is -2.00. The Morgan fingerprint density at radius 2 is 1.82 bits per heavy atom. The summed E-state index contributed by atoms with van der Waals surface area (Å²) in [6.07, 6.45) is 2.11. The first-order valence-electron chi connectivity index (χ1n) is 9.06. The van der Waals surface area contributed by atoms with E-state index in [4.69, 9.17) is 9.47 Å². The lowest BCUT2D eigenvalue weighted by atomic mass is 9.80. The number of halogens is 2. The first-order chi connectivity index (χ1) is 13.3. The van der Waals surface area contributed by atoms with Crippen LogP contribution in [0.1, 0.15) is 31.9 Å². The van der Waals surface area contributed by atoms with Crippen molar-refractivity contribution in [1.82, 2.24) is 0 Å². The quantitative estimate of drug-likeness (QED) is 0.612. The number of allylic oxidation sites excluding steroid dienone is 2. The molecule has 150 valence electrons. The SMILES string of the molecule is C/C=C\C(=C(/C)F)C(O)(c1ccccc1F)C(C)OCc1ccc(OC)cc1. The Hall–Kier alpha value is -2.50. The summed E-state index contributed by atoms with van der Waals surface area (Å²) in [6, 6.07) is 13.0. The highest BCUT2D eigenvalue weighted by molar-refractivity contribution is 5.42. The lowest BCUT2D eigenvalue weighted by molar-refractivity contribution is -0.0902. The molecule has 2 aromatic rings. The molecule has 0 amide bonds. The van der Waals surface area contributed by atoms with Crippen molar-refractivity contribution in [2.45, 2.75) is 39.1 Å². The second kappa shape index (κ2) is 9.62. The summed E-state index contributed by atoms with van der Waals surface area (Å²) < 4.78 is 39.9. The molecule has 0 radical (unpaired) electrons. The van der Waals surface area contributed by atoms with Crippen molar-refractivity contribution in [2.75, 3.05) is 7.11 Å². The third-order valence-electron chi connectivity index (χ3n) is 4.65. The highest BCUT2D eigenvalue weighted by atomic mass is 19.1. The van der Waals surface area contributed by atoms with E-state index in [-0.39, 0.29) is 17.7 Å². The molecule has 0 saturated heterocycles. The van der Waals surface area contributed by atoms with Crippen LogP contribution in [0, 0.1) is 5.82 Å². The number of hydrogen-bond acceptors (Lipinski definition) is 3. The summed E-state index contributed by atoms with van der Waals surface area (Å²) in [7, 11) is 1.58. The van der Waals surface area contributed by atoms with Crippen molar-refractivity contribution >= 4 is 0 Å². The van der Waals surface area contributed by atoms with Crippen molar-refractivity contribution in [3.05, 3.63) is 89.0 Å². The van der Waals surface area contributed by atoms with Crippen LogP contribution in [0.15, 0.2) is 72.1 Å². The molecule has 3 nitrogen and oxygen atoms in total. The second-order valence-electron chi connectivity index (χ2n) is 6.49. The molecule has 0 aromatic heterocycles. The summed E-state index contributed by atoms with van der Waals surface area (Å²) in [5, 5.41) is 11.5. The van der Waals surface area contributed by atoms with E-state index >= 15 is 0 Å². The maximum atomic E-state index is 14.6. The van der Waals surface area contributed by atoms with Crippen molar-refractivity contribution < 1.29 is 23.4 Å². The van der Waals surface area contributed by atoms with Crippen LogP contribution < -0.4 is 4.74 Å². The zero-order chi connectivity index (χ0) is 20.7. The molecule has 28 heavy (non-hydrogen) atoms. The third kappa shape index (κ3) is 4.66. The number of hydrogen-bond donors (Lipinski definition) is 1. The van der Waals surface area contributed by atoms with Crippen LogP contribution in [0.3, 0.4) is 0 Å². The molecule has 1 N–H and O–H groups in total. The summed E-state index contributed by atoms with van der Waals surface area (Å²) in [4.78, 5) is 0. The van der Waals surface area contributed by atoms with Gasteiger partial charge in [-0.15, -0.1) is 0 Å². The molecule has 0 saturated carbocycles. The van der Waals surface area contributed by atoms with E-state index in [0.29, 0.717) is 5.75 Å². The Morgan fingerprint density at radius 3 is 2.36 bits per heavy atom. The summed E-state index contributed by atoms with van der Waals surface area (Å²) in [5.41, 5.74) is -1.23. The predicted octanol–water partition coefficient (Wildman–Crippen LogP) is 5.45. The van der Waals surface area contributed by atoms with Gasteiger partial charge < -0.3 is 14.6 Å². The van der Waals surface area contributed by atoms with Crippen molar-refractivity contribution in [1.29, 1.82) is 0 Å². The van der Waals surface area contributed by atoms with Gasteiger partial charge in [0.05, 0.1) is 19.8 Å². The number of rotatable bonds is 8. The minimum Gasteiger partial charge on any atom is -0.497 e. The van der Waals surface area contributed by atoms with Crippen LogP contribution in [0.25, 0.3) is 0 Å². The van der Waals surface area contributed by atoms with Crippen LogP contribution in [0.4, 0.5) is 8.78 Å². The molecular formula is C23H26F2O3. The first-order valence-corrected chi connectivity index (χ1v) is 9.06. The van der Waals surface area contributed by atoms with E-state index in [1.165, 1.54) is 31.2 Å². The van der Waals surface area contributed by atoms with Crippen LogP contribution in [0.2, 0.25) is 0 Å². The highest BCUT2D eigenvalue weighted by Gasteiger charge is 2.42. The number of benzene rings is 2. The molecule has 0 heterocycles. The number of aliphatic hydroxyl groups is 1. The van der Waals surface area contributed by atoms with E-state index in [2.05, 4.69) is 0 Å². The average Bonchev–Trinajstić information content (AvgIpc) is 2.70. The normalized spacial score (nSPS) is 15.8. The monoisotopic (exact) mass is 388 g/mol. The zero-order valence-corrected chi connectivity index (χ0v) is 16.6. The molecule has 0 aliphatic heterocycles. The predicted molar refractivity (Wildman–Crippen MR) is 106 cm³/mol.